The molecule has 26 heavy (non-hydrogen) atoms. The van der Waals surface area contributed by atoms with Crippen molar-refractivity contribution in [2.24, 2.45) is 23.7 Å². The number of imide groups is 1. The molecule has 0 unspecified atom stereocenters. The Morgan fingerprint density at radius 2 is 1.62 bits per heavy atom. The summed E-state index contributed by atoms with van der Waals surface area (Å²) < 4.78 is 0. The minimum absolute atomic E-state index is 0.0262. The second kappa shape index (κ2) is 5.37. The lowest BCUT2D eigenvalue weighted by Gasteiger charge is -2.19. The highest BCUT2D eigenvalue weighted by molar-refractivity contribution is 6.23. The topological polar surface area (TPSA) is 80.5 Å². The van der Waals surface area contributed by atoms with Crippen LogP contribution in [0.4, 0.5) is 11.4 Å². The molecule has 6 heteroatoms. The molecule has 0 N–H and O–H groups in total. The number of hydrogen-bond acceptors (Lipinski definition) is 4. The summed E-state index contributed by atoms with van der Waals surface area (Å²) >= 11 is 0. The third-order valence-corrected chi connectivity index (χ3v) is 6.33. The molecule has 1 aliphatic heterocycles. The Hall–Kier alpha value is -2.76. The van der Waals surface area contributed by atoms with Crippen molar-refractivity contribution in [3.63, 3.8) is 0 Å². The van der Waals surface area contributed by atoms with Gasteiger partial charge in [0, 0.05) is 24.0 Å². The Labute approximate surface area is 150 Å². The average Bonchev–Trinajstić information content (AvgIpc) is 3.38. The number of nitrogens with zero attached hydrogens (tertiary/aromatic N) is 2. The summed E-state index contributed by atoms with van der Waals surface area (Å²) in [4.78, 5) is 37.9. The van der Waals surface area contributed by atoms with E-state index in [2.05, 4.69) is 12.2 Å². The first-order valence-corrected chi connectivity index (χ1v) is 9.10. The molecule has 3 aliphatic carbocycles. The Balaban J connectivity index is 1.54. The molecule has 0 radical (unpaired) electrons. The maximum absolute atomic E-state index is 13.1. The van der Waals surface area contributed by atoms with Crippen molar-refractivity contribution in [2.75, 3.05) is 4.90 Å². The molecule has 1 aromatic rings. The van der Waals surface area contributed by atoms with Crippen molar-refractivity contribution in [3.05, 3.63) is 57.7 Å². The highest BCUT2D eigenvalue weighted by Crippen LogP contribution is 2.58. The smallest absolute Gasteiger partial charge is 0.271 e. The van der Waals surface area contributed by atoms with Crippen molar-refractivity contribution >= 4 is 23.2 Å². The van der Waals surface area contributed by atoms with Gasteiger partial charge in [-0.15, -0.1) is 0 Å². The molecule has 4 aliphatic rings. The van der Waals surface area contributed by atoms with Crippen LogP contribution < -0.4 is 4.90 Å². The lowest BCUT2D eigenvalue weighted by atomic mass is 9.85. The van der Waals surface area contributed by atoms with Crippen LogP contribution >= 0.6 is 0 Å². The second-order valence-electron chi connectivity index (χ2n) is 7.54. The van der Waals surface area contributed by atoms with E-state index in [1.54, 1.807) is 6.07 Å². The number of allylic oxidation sites excluding steroid dienone is 4. The number of carbonyl (C=O) groups is 2. The van der Waals surface area contributed by atoms with Gasteiger partial charge in [0.25, 0.3) is 5.69 Å². The first-order valence-electron chi connectivity index (χ1n) is 9.10. The molecule has 0 spiro atoms. The summed E-state index contributed by atoms with van der Waals surface area (Å²) in [7, 11) is 0. The Morgan fingerprint density at radius 1 is 1.00 bits per heavy atom. The third kappa shape index (κ3) is 1.92. The van der Waals surface area contributed by atoms with E-state index in [0.29, 0.717) is 5.69 Å². The molecule has 2 bridgehead atoms. The number of carbonyl (C=O) groups excluding carboxylic acids is 2. The van der Waals surface area contributed by atoms with Crippen LogP contribution in [-0.4, -0.2) is 16.7 Å². The SMILES string of the molecule is O=C1[C@H]2[C@H](C(=O)N1c1cccc([N+](=O)[O-])c1)[C@H]1C=C[C@H]2C1=C1CCCC1. The van der Waals surface area contributed by atoms with Gasteiger partial charge < -0.3 is 0 Å². The standard InChI is InChI=1S/C20H18N2O4/c23-19-17-14-8-9-15(16(14)11-4-1-2-5-11)18(17)20(24)21(19)12-6-3-7-13(10-12)22(25)26/h3,6-10,14-15,17-18H,1-2,4-5H2/t14-,15-,17+,18+/m0/s1. The molecular weight excluding hydrogens is 332 g/mol. The third-order valence-electron chi connectivity index (χ3n) is 6.33. The maximum atomic E-state index is 13.1. The number of non-ortho nitro benzene ring substituents is 1. The van der Waals surface area contributed by atoms with Crippen LogP contribution in [0.5, 0.6) is 0 Å². The predicted molar refractivity (Wildman–Crippen MR) is 94.2 cm³/mol. The molecule has 3 fully saturated rings. The fraction of sp³-hybridized carbons (Fsp3) is 0.400. The molecule has 4 atom stereocenters. The number of fused-ring (bicyclic) bond motifs is 5. The number of nitro benzene ring substituents is 1. The van der Waals surface area contributed by atoms with E-state index < -0.39 is 4.92 Å². The van der Waals surface area contributed by atoms with Crippen LogP contribution in [0.2, 0.25) is 0 Å². The second-order valence-corrected chi connectivity index (χ2v) is 7.54. The van der Waals surface area contributed by atoms with E-state index in [1.807, 2.05) is 0 Å². The number of anilines is 1. The van der Waals surface area contributed by atoms with Gasteiger partial charge in [-0.1, -0.05) is 29.4 Å². The van der Waals surface area contributed by atoms with Gasteiger partial charge in [0.15, 0.2) is 0 Å². The zero-order valence-electron chi connectivity index (χ0n) is 14.1. The van der Waals surface area contributed by atoms with Crippen LogP contribution in [0.3, 0.4) is 0 Å². The minimum Gasteiger partial charge on any atom is -0.274 e. The lowest BCUT2D eigenvalue weighted by Crippen LogP contribution is -2.33. The van der Waals surface area contributed by atoms with E-state index in [4.69, 9.17) is 0 Å². The molecular formula is C20H18N2O4. The molecule has 2 saturated carbocycles. The normalized spacial score (nSPS) is 32.1. The summed E-state index contributed by atoms with van der Waals surface area (Å²) in [5, 5.41) is 11.0. The molecule has 132 valence electrons. The van der Waals surface area contributed by atoms with Gasteiger partial charge in [-0.2, -0.15) is 0 Å². The summed E-state index contributed by atoms with van der Waals surface area (Å²) in [6.07, 6.45) is 8.73. The van der Waals surface area contributed by atoms with Gasteiger partial charge in [0.2, 0.25) is 11.8 Å². The number of rotatable bonds is 2. The van der Waals surface area contributed by atoms with Crippen molar-refractivity contribution < 1.29 is 14.5 Å². The molecule has 1 saturated heterocycles. The molecule has 5 rings (SSSR count). The summed E-state index contributed by atoms with van der Waals surface area (Å²) in [5.74, 6) is -1.07. The summed E-state index contributed by atoms with van der Waals surface area (Å²) in [6, 6.07) is 5.78. The van der Waals surface area contributed by atoms with E-state index in [9.17, 15) is 19.7 Å². The highest BCUT2D eigenvalue weighted by atomic mass is 16.6. The van der Waals surface area contributed by atoms with Gasteiger partial charge in [0.05, 0.1) is 22.4 Å². The number of nitro groups is 1. The maximum Gasteiger partial charge on any atom is 0.271 e. The molecule has 6 nitrogen and oxygen atoms in total. The van der Waals surface area contributed by atoms with Crippen molar-refractivity contribution in [3.8, 4) is 0 Å². The van der Waals surface area contributed by atoms with Crippen LogP contribution in [0.25, 0.3) is 0 Å². The van der Waals surface area contributed by atoms with Gasteiger partial charge in [-0.3, -0.25) is 19.7 Å². The first-order chi connectivity index (χ1) is 12.6. The fourth-order valence-corrected chi connectivity index (χ4v) is 5.33. The minimum atomic E-state index is -0.511. The van der Waals surface area contributed by atoms with Crippen molar-refractivity contribution in [1.82, 2.24) is 0 Å². The zero-order valence-corrected chi connectivity index (χ0v) is 14.1. The molecule has 1 heterocycles. The van der Waals surface area contributed by atoms with E-state index >= 15 is 0 Å². The van der Waals surface area contributed by atoms with Gasteiger partial charge >= 0.3 is 0 Å². The van der Waals surface area contributed by atoms with Crippen molar-refractivity contribution in [2.45, 2.75) is 25.7 Å². The summed E-state index contributed by atoms with van der Waals surface area (Å²) in [6.45, 7) is 0. The predicted octanol–water partition coefficient (Wildman–Crippen LogP) is 3.39. The first kappa shape index (κ1) is 15.5. The number of benzene rings is 1. The van der Waals surface area contributed by atoms with E-state index in [1.165, 1.54) is 47.1 Å². The van der Waals surface area contributed by atoms with E-state index in [-0.39, 0.29) is 41.2 Å². The number of amides is 2. The largest absolute Gasteiger partial charge is 0.274 e. The lowest BCUT2D eigenvalue weighted by molar-refractivity contribution is -0.384. The monoisotopic (exact) mass is 350 g/mol. The van der Waals surface area contributed by atoms with Crippen LogP contribution in [0, 0.1) is 33.8 Å². The molecule has 0 aromatic heterocycles. The van der Waals surface area contributed by atoms with E-state index in [0.717, 1.165) is 12.8 Å². The number of hydrogen-bond donors (Lipinski definition) is 0. The average molecular weight is 350 g/mol. The Bertz CT molecular complexity index is 874. The Kier molecular flexibility index (Phi) is 3.20. The zero-order chi connectivity index (χ0) is 18.0. The Morgan fingerprint density at radius 3 is 2.19 bits per heavy atom. The quantitative estimate of drug-likeness (QED) is 0.354. The van der Waals surface area contributed by atoms with Crippen molar-refractivity contribution in [1.29, 1.82) is 0 Å². The van der Waals surface area contributed by atoms with Crippen LogP contribution in [-0.2, 0) is 9.59 Å². The molecule has 2 amide bonds. The van der Waals surface area contributed by atoms with Crippen LogP contribution in [0.15, 0.2) is 47.6 Å². The van der Waals surface area contributed by atoms with Gasteiger partial charge in [-0.05, 0) is 31.7 Å². The summed E-state index contributed by atoms with van der Waals surface area (Å²) in [5.41, 5.74) is 2.95. The molecule has 1 aromatic carbocycles. The fourth-order valence-electron chi connectivity index (χ4n) is 5.33. The highest BCUT2D eigenvalue weighted by Gasteiger charge is 2.62. The van der Waals surface area contributed by atoms with Gasteiger partial charge in [0.1, 0.15) is 0 Å². The van der Waals surface area contributed by atoms with Crippen LogP contribution in [0.1, 0.15) is 25.7 Å². The van der Waals surface area contributed by atoms with Gasteiger partial charge in [-0.25, -0.2) is 4.90 Å².